The van der Waals surface area contributed by atoms with E-state index >= 15 is 0 Å². The van der Waals surface area contributed by atoms with Crippen LogP contribution in [0.3, 0.4) is 0 Å². The summed E-state index contributed by atoms with van der Waals surface area (Å²) >= 11 is 0. The van der Waals surface area contributed by atoms with Gasteiger partial charge in [0, 0.05) is 37.6 Å². The Labute approximate surface area is 146 Å². The van der Waals surface area contributed by atoms with Crippen LogP contribution in [0.15, 0.2) is 42.7 Å². The average molecular weight is 343 g/mol. The molecule has 1 aromatic carbocycles. The lowest BCUT2D eigenvalue weighted by Gasteiger charge is -2.37. The smallest absolute Gasteiger partial charge is 0.251 e. The van der Waals surface area contributed by atoms with Crippen molar-refractivity contribution in [2.45, 2.75) is 32.6 Å². The summed E-state index contributed by atoms with van der Waals surface area (Å²) in [7, 11) is 0. The molecule has 1 aliphatic rings. The highest BCUT2D eigenvalue weighted by molar-refractivity contribution is 5.93. The second-order valence-corrected chi connectivity index (χ2v) is 6.37. The molecule has 0 radical (unpaired) electrons. The number of hydrogen-bond acceptors (Lipinski definition) is 4. The van der Waals surface area contributed by atoms with Gasteiger partial charge in [0.1, 0.15) is 5.82 Å². The van der Waals surface area contributed by atoms with Crippen molar-refractivity contribution in [1.82, 2.24) is 10.3 Å². The predicted molar refractivity (Wildman–Crippen MR) is 94.0 cm³/mol. The Hall–Kier alpha value is -2.47. The van der Waals surface area contributed by atoms with Gasteiger partial charge in [0.05, 0.1) is 17.9 Å². The lowest BCUT2D eigenvalue weighted by atomic mass is 10.1. The van der Waals surface area contributed by atoms with Gasteiger partial charge in [0.2, 0.25) is 0 Å². The molecule has 2 heterocycles. The zero-order valence-electron chi connectivity index (χ0n) is 14.4. The van der Waals surface area contributed by atoms with Crippen LogP contribution in [0.4, 0.5) is 10.1 Å². The summed E-state index contributed by atoms with van der Waals surface area (Å²) in [5.74, 6) is -0.486. The van der Waals surface area contributed by atoms with Gasteiger partial charge in [-0.25, -0.2) is 4.39 Å². The van der Waals surface area contributed by atoms with Gasteiger partial charge < -0.3 is 15.0 Å². The minimum atomic E-state index is -0.281. The fraction of sp³-hybridized carbons (Fsp3) is 0.368. The predicted octanol–water partition coefficient (Wildman–Crippen LogP) is 2.76. The van der Waals surface area contributed by atoms with Crippen molar-refractivity contribution in [1.29, 1.82) is 0 Å². The van der Waals surface area contributed by atoms with E-state index in [0.29, 0.717) is 24.3 Å². The van der Waals surface area contributed by atoms with Gasteiger partial charge >= 0.3 is 0 Å². The molecule has 1 aliphatic heterocycles. The number of hydrogen-bond donors (Lipinski definition) is 1. The number of anilines is 1. The van der Waals surface area contributed by atoms with Gasteiger partial charge in [-0.05, 0) is 43.7 Å². The van der Waals surface area contributed by atoms with Crippen LogP contribution in [0.25, 0.3) is 0 Å². The molecular weight excluding hydrogens is 321 g/mol. The Morgan fingerprint density at radius 3 is 2.56 bits per heavy atom. The van der Waals surface area contributed by atoms with Crippen LogP contribution in [-0.2, 0) is 11.3 Å². The number of nitrogens with zero attached hydrogens (tertiary/aromatic N) is 2. The van der Waals surface area contributed by atoms with Crippen molar-refractivity contribution >= 4 is 11.6 Å². The van der Waals surface area contributed by atoms with E-state index < -0.39 is 0 Å². The summed E-state index contributed by atoms with van der Waals surface area (Å²) in [5, 5.41) is 2.79. The van der Waals surface area contributed by atoms with E-state index in [4.69, 9.17) is 4.74 Å². The summed E-state index contributed by atoms with van der Waals surface area (Å²) < 4.78 is 20.2. The zero-order chi connectivity index (χ0) is 17.8. The third kappa shape index (κ3) is 4.33. The van der Waals surface area contributed by atoms with E-state index in [1.807, 2.05) is 24.8 Å². The number of nitrogens with one attached hydrogen (secondary N) is 1. The highest BCUT2D eigenvalue weighted by Gasteiger charge is 2.24. The summed E-state index contributed by atoms with van der Waals surface area (Å²) in [6, 6.07) is 8.37. The van der Waals surface area contributed by atoms with E-state index in [9.17, 15) is 9.18 Å². The lowest BCUT2D eigenvalue weighted by molar-refractivity contribution is -0.00539. The third-order valence-corrected chi connectivity index (χ3v) is 4.17. The number of benzene rings is 1. The van der Waals surface area contributed by atoms with Crippen LogP contribution >= 0.6 is 0 Å². The zero-order valence-corrected chi connectivity index (χ0v) is 14.4. The number of halogens is 1. The van der Waals surface area contributed by atoms with Crippen LogP contribution in [0.1, 0.15) is 29.8 Å². The first-order chi connectivity index (χ1) is 12.0. The Morgan fingerprint density at radius 1 is 1.24 bits per heavy atom. The molecule has 2 aromatic rings. The van der Waals surface area contributed by atoms with Crippen LogP contribution in [-0.4, -0.2) is 36.2 Å². The van der Waals surface area contributed by atoms with Crippen molar-refractivity contribution in [2.75, 3.05) is 18.0 Å². The van der Waals surface area contributed by atoms with E-state index in [-0.39, 0.29) is 30.5 Å². The van der Waals surface area contributed by atoms with Crippen LogP contribution in [0.2, 0.25) is 0 Å². The van der Waals surface area contributed by atoms with Crippen molar-refractivity contribution in [2.24, 2.45) is 0 Å². The minimum absolute atomic E-state index is 0.0717. The summed E-state index contributed by atoms with van der Waals surface area (Å²) in [6.45, 7) is 5.58. The molecule has 1 saturated heterocycles. The van der Waals surface area contributed by atoms with Gasteiger partial charge in [0.25, 0.3) is 5.91 Å². The van der Waals surface area contributed by atoms with Gasteiger partial charge in [-0.3, -0.25) is 9.78 Å². The summed E-state index contributed by atoms with van der Waals surface area (Å²) in [5.41, 5.74) is 1.83. The fourth-order valence-electron chi connectivity index (χ4n) is 3.08. The molecule has 0 saturated carbocycles. The number of amides is 1. The Morgan fingerprint density at radius 2 is 1.92 bits per heavy atom. The molecule has 0 spiro atoms. The molecule has 3 rings (SSSR count). The topological polar surface area (TPSA) is 54.5 Å². The molecule has 132 valence electrons. The van der Waals surface area contributed by atoms with E-state index in [1.54, 1.807) is 30.6 Å². The number of aromatic nitrogens is 1. The van der Waals surface area contributed by atoms with E-state index in [0.717, 1.165) is 5.56 Å². The van der Waals surface area contributed by atoms with Crippen LogP contribution < -0.4 is 10.2 Å². The first-order valence-corrected chi connectivity index (χ1v) is 8.40. The SMILES string of the molecule is CC1CN(c2ccc(CNC(=O)c3ccncc3)cc2F)CC(C)O1. The number of rotatable bonds is 4. The molecular formula is C19H22FN3O2. The monoisotopic (exact) mass is 343 g/mol. The molecule has 6 heteroatoms. The molecule has 5 nitrogen and oxygen atoms in total. The van der Waals surface area contributed by atoms with Crippen molar-refractivity contribution < 1.29 is 13.9 Å². The molecule has 1 amide bonds. The molecule has 0 aliphatic carbocycles. The van der Waals surface area contributed by atoms with Crippen LogP contribution in [0.5, 0.6) is 0 Å². The maximum absolute atomic E-state index is 14.5. The standard InChI is InChI=1S/C19H22FN3O2/c1-13-11-23(12-14(2)25-13)18-4-3-15(9-17(18)20)10-22-19(24)16-5-7-21-8-6-16/h3-9,13-14H,10-12H2,1-2H3,(H,22,24). The second-order valence-electron chi connectivity index (χ2n) is 6.37. The molecule has 1 N–H and O–H groups in total. The maximum atomic E-state index is 14.5. The third-order valence-electron chi connectivity index (χ3n) is 4.17. The second kappa shape index (κ2) is 7.61. The largest absolute Gasteiger partial charge is 0.372 e. The average Bonchev–Trinajstić information content (AvgIpc) is 2.59. The molecule has 25 heavy (non-hydrogen) atoms. The molecule has 1 fully saturated rings. The van der Waals surface area contributed by atoms with Gasteiger partial charge in [0.15, 0.2) is 0 Å². The number of ether oxygens (including phenoxy) is 1. The van der Waals surface area contributed by atoms with Crippen molar-refractivity contribution in [3.8, 4) is 0 Å². The minimum Gasteiger partial charge on any atom is -0.372 e. The molecule has 2 atom stereocenters. The molecule has 2 unspecified atom stereocenters. The number of carbonyl (C=O) groups excluding carboxylic acids is 1. The van der Waals surface area contributed by atoms with Gasteiger partial charge in [-0.15, -0.1) is 0 Å². The fourth-order valence-corrected chi connectivity index (χ4v) is 3.08. The number of carbonyl (C=O) groups is 1. The Kier molecular flexibility index (Phi) is 5.28. The number of pyridine rings is 1. The quantitative estimate of drug-likeness (QED) is 0.927. The first kappa shape index (κ1) is 17.4. The van der Waals surface area contributed by atoms with Crippen LogP contribution in [0, 0.1) is 5.82 Å². The number of morpholine rings is 1. The maximum Gasteiger partial charge on any atom is 0.251 e. The van der Waals surface area contributed by atoms with Crippen molar-refractivity contribution in [3.05, 3.63) is 59.7 Å². The van der Waals surface area contributed by atoms with E-state index in [1.165, 1.54) is 6.07 Å². The Bertz CT molecular complexity index is 729. The lowest BCUT2D eigenvalue weighted by Crippen LogP contribution is -2.45. The normalized spacial score (nSPS) is 20.4. The molecule has 0 bridgehead atoms. The summed E-state index contributed by atoms with van der Waals surface area (Å²) in [4.78, 5) is 17.9. The first-order valence-electron chi connectivity index (χ1n) is 8.40. The van der Waals surface area contributed by atoms with E-state index in [2.05, 4.69) is 10.3 Å². The highest BCUT2D eigenvalue weighted by atomic mass is 19.1. The van der Waals surface area contributed by atoms with Gasteiger partial charge in [-0.1, -0.05) is 6.07 Å². The molecule has 1 aromatic heterocycles. The van der Waals surface area contributed by atoms with Crippen molar-refractivity contribution in [3.63, 3.8) is 0 Å². The Balaban J connectivity index is 1.65. The summed E-state index contributed by atoms with van der Waals surface area (Å²) in [6.07, 6.45) is 3.27. The van der Waals surface area contributed by atoms with Gasteiger partial charge in [-0.2, -0.15) is 0 Å². The highest BCUT2D eigenvalue weighted by Crippen LogP contribution is 2.24.